The van der Waals surface area contributed by atoms with E-state index >= 15 is 0 Å². The number of carboxylic acid groups (broad SMARTS) is 1. The molecule has 2 atom stereocenters. The van der Waals surface area contributed by atoms with Gasteiger partial charge in [0.15, 0.2) is 0 Å². The van der Waals surface area contributed by atoms with Gasteiger partial charge in [-0.1, -0.05) is 60.7 Å². The molecular weight excluding hydrogens is 346 g/mol. The second kappa shape index (κ2) is 8.49. The maximum Gasteiger partial charge on any atom is 0.416 e. The van der Waals surface area contributed by atoms with Crippen molar-refractivity contribution in [3.05, 3.63) is 71.8 Å². The summed E-state index contributed by atoms with van der Waals surface area (Å²) in [5.74, 6) is -2.39. The average Bonchev–Trinajstić information content (AvgIpc) is 3.02. The number of cyclic esters (lactones) is 1. The molecule has 0 bridgehead atoms. The predicted molar refractivity (Wildman–Crippen MR) is 98.0 cm³/mol. The Hall–Kier alpha value is -3.15. The Morgan fingerprint density at radius 2 is 1.63 bits per heavy atom. The zero-order chi connectivity index (χ0) is 19.2. The van der Waals surface area contributed by atoms with E-state index in [2.05, 4.69) is 0 Å². The number of carboxylic acids is 1. The summed E-state index contributed by atoms with van der Waals surface area (Å²) in [5.41, 5.74) is 1.83. The summed E-state index contributed by atoms with van der Waals surface area (Å²) in [6.45, 7) is 0.116. The number of imide groups is 1. The van der Waals surface area contributed by atoms with Crippen LogP contribution in [0.25, 0.3) is 0 Å². The van der Waals surface area contributed by atoms with Crippen molar-refractivity contribution in [1.82, 2.24) is 4.90 Å². The fraction of sp³-hybridized carbons (Fsp3) is 0.286. The minimum absolute atomic E-state index is 0.116. The highest BCUT2D eigenvalue weighted by atomic mass is 16.6. The van der Waals surface area contributed by atoms with Crippen LogP contribution in [0.1, 0.15) is 17.5 Å². The number of ether oxygens (including phenoxy) is 1. The molecule has 0 radical (unpaired) electrons. The summed E-state index contributed by atoms with van der Waals surface area (Å²) in [5, 5.41) is 9.23. The van der Waals surface area contributed by atoms with Gasteiger partial charge in [0, 0.05) is 0 Å². The van der Waals surface area contributed by atoms with E-state index in [1.54, 1.807) is 0 Å². The van der Waals surface area contributed by atoms with Crippen molar-refractivity contribution in [3.63, 3.8) is 0 Å². The summed E-state index contributed by atoms with van der Waals surface area (Å²) in [6, 6.07) is 18.3. The van der Waals surface area contributed by atoms with Gasteiger partial charge >= 0.3 is 12.1 Å². The van der Waals surface area contributed by atoms with E-state index < -0.39 is 29.9 Å². The summed E-state index contributed by atoms with van der Waals surface area (Å²) in [7, 11) is 0. The minimum Gasteiger partial charge on any atom is -0.481 e. The number of aliphatic carboxylic acids is 1. The Labute approximate surface area is 157 Å². The summed E-state index contributed by atoms with van der Waals surface area (Å²) < 4.78 is 5.10. The average molecular weight is 367 g/mol. The van der Waals surface area contributed by atoms with E-state index in [0.29, 0.717) is 6.42 Å². The van der Waals surface area contributed by atoms with Crippen LogP contribution in [0.15, 0.2) is 60.7 Å². The Balaban J connectivity index is 1.79. The lowest BCUT2D eigenvalue weighted by Crippen LogP contribution is -2.44. The Morgan fingerprint density at radius 3 is 2.22 bits per heavy atom. The monoisotopic (exact) mass is 367 g/mol. The third-order valence-electron chi connectivity index (χ3n) is 4.61. The highest BCUT2D eigenvalue weighted by molar-refractivity contribution is 5.96. The smallest absolute Gasteiger partial charge is 0.416 e. The van der Waals surface area contributed by atoms with E-state index in [-0.39, 0.29) is 19.4 Å². The Kier molecular flexibility index (Phi) is 5.86. The number of amides is 2. The van der Waals surface area contributed by atoms with Gasteiger partial charge < -0.3 is 9.84 Å². The van der Waals surface area contributed by atoms with Gasteiger partial charge in [0.25, 0.3) is 0 Å². The van der Waals surface area contributed by atoms with Crippen molar-refractivity contribution in [3.8, 4) is 0 Å². The van der Waals surface area contributed by atoms with Gasteiger partial charge in [-0.05, 0) is 24.0 Å². The molecule has 1 aliphatic rings. The minimum atomic E-state index is -1.07. The quantitative estimate of drug-likeness (QED) is 0.813. The van der Waals surface area contributed by atoms with Crippen LogP contribution in [0.3, 0.4) is 0 Å². The SMILES string of the molecule is O=C(O)CC(Cc1ccccc1)C(=O)N1C(=O)OCC1Cc1ccccc1. The molecule has 1 fully saturated rings. The highest BCUT2D eigenvalue weighted by Gasteiger charge is 2.41. The van der Waals surface area contributed by atoms with E-state index in [9.17, 15) is 19.5 Å². The van der Waals surface area contributed by atoms with Gasteiger partial charge in [0.1, 0.15) is 6.61 Å². The molecule has 2 unspecified atom stereocenters. The number of rotatable bonds is 7. The van der Waals surface area contributed by atoms with E-state index in [1.165, 1.54) is 0 Å². The maximum absolute atomic E-state index is 13.1. The van der Waals surface area contributed by atoms with Crippen molar-refractivity contribution < 1.29 is 24.2 Å². The van der Waals surface area contributed by atoms with Crippen molar-refractivity contribution in [2.24, 2.45) is 5.92 Å². The maximum atomic E-state index is 13.1. The molecule has 140 valence electrons. The Bertz CT molecular complexity index is 806. The third-order valence-corrected chi connectivity index (χ3v) is 4.61. The largest absolute Gasteiger partial charge is 0.481 e. The highest BCUT2D eigenvalue weighted by Crippen LogP contribution is 2.23. The molecule has 0 saturated carbocycles. The molecule has 3 rings (SSSR count). The van der Waals surface area contributed by atoms with Crippen molar-refractivity contribution in [2.75, 3.05) is 6.61 Å². The van der Waals surface area contributed by atoms with Crippen LogP contribution in [0, 0.1) is 5.92 Å². The summed E-state index contributed by atoms with van der Waals surface area (Å²) in [4.78, 5) is 37.6. The molecule has 1 N–H and O–H groups in total. The van der Waals surface area contributed by atoms with Crippen LogP contribution >= 0.6 is 0 Å². The zero-order valence-corrected chi connectivity index (χ0v) is 14.8. The first kappa shape index (κ1) is 18.6. The second-order valence-corrected chi connectivity index (χ2v) is 6.61. The molecule has 1 heterocycles. The van der Waals surface area contributed by atoms with Crippen LogP contribution in [0.4, 0.5) is 4.79 Å². The molecule has 6 heteroatoms. The van der Waals surface area contributed by atoms with Gasteiger partial charge in [-0.3, -0.25) is 9.59 Å². The van der Waals surface area contributed by atoms with Gasteiger partial charge in [0.05, 0.1) is 18.4 Å². The van der Waals surface area contributed by atoms with Crippen LogP contribution in [0.5, 0.6) is 0 Å². The lowest BCUT2D eigenvalue weighted by molar-refractivity contribution is -0.143. The van der Waals surface area contributed by atoms with E-state index in [1.807, 2.05) is 60.7 Å². The van der Waals surface area contributed by atoms with E-state index in [4.69, 9.17) is 4.74 Å². The fourth-order valence-electron chi connectivity index (χ4n) is 3.32. The molecule has 1 saturated heterocycles. The van der Waals surface area contributed by atoms with Crippen molar-refractivity contribution in [2.45, 2.75) is 25.3 Å². The molecule has 0 aliphatic carbocycles. The lowest BCUT2D eigenvalue weighted by Gasteiger charge is -2.24. The molecule has 0 aromatic heterocycles. The topological polar surface area (TPSA) is 83.9 Å². The number of carbonyl (C=O) groups excluding carboxylic acids is 2. The first-order valence-electron chi connectivity index (χ1n) is 8.84. The lowest BCUT2D eigenvalue weighted by atomic mass is 9.94. The van der Waals surface area contributed by atoms with Crippen molar-refractivity contribution in [1.29, 1.82) is 0 Å². The summed E-state index contributed by atoms with van der Waals surface area (Å²) >= 11 is 0. The van der Waals surface area contributed by atoms with Gasteiger partial charge in [0.2, 0.25) is 5.91 Å². The standard InChI is InChI=1S/C21H21NO5/c23-19(24)13-17(11-15-7-3-1-4-8-15)20(25)22-18(14-27-21(22)26)12-16-9-5-2-6-10-16/h1-10,17-18H,11-14H2,(H,23,24). The predicted octanol–water partition coefficient (Wildman–Crippen LogP) is 2.91. The molecule has 2 aromatic rings. The van der Waals surface area contributed by atoms with Crippen LogP contribution in [0.2, 0.25) is 0 Å². The molecule has 2 aromatic carbocycles. The molecule has 1 aliphatic heterocycles. The summed E-state index contributed by atoms with van der Waals surface area (Å²) in [6.07, 6.45) is -0.309. The second-order valence-electron chi connectivity index (χ2n) is 6.61. The van der Waals surface area contributed by atoms with Gasteiger partial charge in [-0.2, -0.15) is 0 Å². The number of carbonyl (C=O) groups is 3. The number of hydrogen-bond acceptors (Lipinski definition) is 4. The van der Waals surface area contributed by atoms with Gasteiger partial charge in [-0.15, -0.1) is 0 Å². The number of nitrogens with zero attached hydrogens (tertiary/aromatic N) is 1. The normalized spacial score (nSPS) is 17.4. The van der Waals surface area contributed by atoms with Gasteiger partial charge in [-0.25, -0.2) is 9.69 Å². The number of benzene rings is 2. The third kappa shape index (κ3) is 4.73. The van der Waals surface area contributed by atoms with Crippen LogP contribution < -0.4 is 0 Å². The van der Waals surface area contributed by atoms with Crippen molar-refractivity contribution >= 4 is 18.0 Å². The molecule has 6 nitrogen and oxygen atoms in total. The zero-order valence-electron chi connectivity index (χ0n) is 14.8. The molecule has 0 spiro atoms. The molecular formula is C21H21NO5. The van der Waals surface area contributed by atoms with E-state index in [0.717, 1.165) is 16.0 Å². The molecule has 27 heavy (non-hydrogen) atoms. The fourth-order valence-corrected chi connectivity index (χ4v) is 3.32. The molecule has 2 amide bonds. The first-order valence-corrected chi connectivity index (χ1v) is 8.84. The van der Waals surface area contributed by atoms with Crippen LogP contribution in [-0.4, -0.2) is 40.6 Å². The number of hydrogen-bond donors (Lipinski definition) is 1. The van der Waals surface area contributed by atoms with Crippen LogP contribution in [-0.2, 0) is 27.2 Å². The Morgan fingerprint density at radius 1 is 1.04 bits per heavy atom. The first-order chi connectivity index (χ1) is 13.0.